The first-order chi connectivity index (χ1) is 8.91. The zero-order valence-electron chi connectivity index (χ0n) is 11.9. The lowest BCUT2D eigenvalue weighted by Crippen LogP contribution is -2.33. The van der Waals surface area contributed by atoms with Crippen molar-refractivity contribution in [1.82, 2.24) is 5.32 Å². The summed E-state index contributed by atoms with van der Waals surface area (Å²) in [6.07, 6.45) is 1.64. The van der Waals surface area contributed by atoms with E-state index in [0.29, 0.717) is 12.1 Å². The van der Waals surface area contributed by atoms with Crippen molar-refractivity contribution >= 4 is 22.4 Å². The van der Waals surface area contributed by atoms with E-state index in [9.17, 15) is 9.00 Å². The molecule has 106 valence electrons. The van der Waals surface area contributed by atoms with Crippen LogP contribution in [0.15, 0.2) is 24.3 Å². The van der Waals surface area contributed by atoms with Crippen LogP contribution < -0.4 is 10.6 Å². The third-order valence-corrected chi connectivity index (χ3v) is 4.03. The van der Waals surface area contributed by atoms with Crippen LogP contribution in [0.4, 0.5) is 5.69 Å². The summed E-state index contributed by atoms with van der Waals surface area (Å²) in [5.41, 5.74) is 1.44. The van der Waals surface area contributed by atoms with Crippen molar-refractivity contribution in [1.29, 1.82) is 0 Å². The van der Waals surface area contributed by atoms with Gasteiger partial charge in [0.05, 0.1) is 5.56 Å². The normalized spacial score (nSPS) is 13.9. The molecule has 0 spiro atoms. The molecule has 0 radical (unpaired) electrons. The van der Waals surface area contributed by atoms with Gasteiger partial charge in [-0.3, -0.25) is 9.00 Å². The summed E-state index contributed by atoms with van der Waals surface area (Å²) in [6, 6.07) is 7.66. The molecule has 1 rings (SSSR count). The van der Waals surface area contributed by atoms with Gasteiger partial charge in [-0.2, -0.15) is 0 Å². The fourth-order valence-electron chi connectivity index (χ4n) is 1.57. The van der Waals surface area contributed by atoms with Crippen LogP contribution in [0.2, 0.25) is 0 Å². The van der Waals surface area contributed by atoms with Gasteiger partial charge in [0.1, 0.15) is 0 Å². The van der Waals surface area contributed by atoms with Crippen molar-refractivity contribution < 1.29 is 9.00 Å². The summed E-state index contributed by atoms with van der Waals surface area (Å²) >= 11 is 0. The fraction of sp³-hybridized carbons (Fsp3) is 0.500. The molecule has 2 N–H and O–H groups in total. The smallest absolute Gasteiger partial charge is 0.253 e. The van der Waals surface area contributed by atoms with E-state index in [1.165, 1.54) is 0 Å². The Labute approximate surface area is 117 Å². The molecule has 0 fully saturated rings. The molecule has 19 heavy (non-hydrogen) atoms. The van der Waals surface area contributed by atoms with E-state index in [1.807, 2.05) is 39.0 Å². The third-order valence-electron chi connectivity index (χ3n) is 2.73. The molecule has 5 heteroatoms. The zero-order chi connectivity index (χ0) is 14.4. The summed E-state index contributed by atoms with van der Waals surface area (Å²) in [5, 5.41) is 6.02. The van der Waals surface area contributed by atoms with Crippen LogP contribution in [0.3, 0.4) is 0 Å². The highest BCUT2D eigenvalue weighted by atomic mass is 32.2. The molecule has 0 aromatic heterocycles. The number of nitrogens with one attached hydrogen (secondary N) is 2. The Morgan fingerprint density at radius 1 is 1.26 bits per heavy atom. The van der Waals surface area contributed by atoms with E-state index < -0.39 is 10.8 Å². The highest BCUT2D eigenvalue weighted by molar-refractivity contribution is 7.84. The Hall–Kier alpha value is -1.36. The molecule has 1 aromatic carbocycles. The van der Waals surface area contributed by atoms with E-state index in [1.54, 1.807) is 12.3 Å². The van der Waals surface area contributed by atoms with Crippen molar-refractivity contribution in [2.45, 2.75) is 32.1 Å². The lowest BCUT2D eigenvalue weighted by Gasteiger charge is -2.15. The summed E-state index contributed by atoms with van der Waals surface area (Å²) in [5.74, 6) is -0.138. The zero-order valence-corrected chi connectivity index (χ0v) is 12.7. The summed E-state index contributed by atoms with van der Waals surface area (Å²) in [4.78, 5) is 12.1. The molecule has 1 aromatic rings. The molecular formula is C14H22N2O2S. The second-order valence-corrected chi connectivity index (χ2v) is 6.67. The van der Waals surface area contributed by atoms with E-state index in [0.717, 1.165) is 5.69 Å². The van der Waals surface area contributed by atoms with Crippen LogP contribution in [0, 0.1) is 0 Å². The average Bonchev–Trinajstić information content (AvgIpc) is 2.35. The quantitative estimate of drug-likeness (QED) is 0.839. The highest BCUT2D eigenvalue weighted by Crippen LogP contribution is 2.15. The maximum atomic E-state index is 12.1. The average molecular weight is 282 g/mol. The highest BCUT2D eigenvalue weighted by Gasteiger charge is 2.13. The maximum Gasteiger partial charge on any atom is 0.253 e. The fourth-order valence-corrected chi connectivity index (χ4v) is 1.89. The molecule has 4 nitrogen and oxygen atoms in total. The van der Waals surface area contributed by atoms with E-state index in [-0.39, 0.29) is 17.2 Å². The van der Waals surface area contributed by atoms with Crippen molar-refractivity contribution in [3.63, 3.8) is 0 Å². The Kier molecular flexibility index (Phi) is 6.02. The summed E-state index contributed by atoms with van der Waals surface area (Å²) in [6.45, 7) is 6.32. The lowest BCUT2D eigenvalue weighted by atomic mass is 10.1. The van der Waals surface area contributed by atoms with Gasteiger partial charge in [0.15, 0.2) is 0 Å². The Bertz CT molecular complexity index is 461. The predicted octanol–water partition coefficient (Wildman–Crippen LogP) is 2.00. The molecule has 0 aliphatic carbocycles. The maximum absolute atomic E-state index is 12.1. The molecule has 0 aliphatic heterocycles. The minimum atomic E-state index is -0.928. The Morgan fingerprint density at radius 2 is 1.89 bits per heavy atom. The van der Waals surface area contributed by atoms with Crippen molar-refractivity contribution in [2.75, 3.05) is 18.1 Å². The molecule has 0 bridgehead atoms. The van der Waals surface area contributed by atoms with Crippen molar-refractivity contribution in [2.24, 2.45) is 0 Å². The number of para-hydroxylation sites is 1. The second-order valence-electron chi connectivity index (χ2n) is 4.86. The van der Waals surface area contributed by atoms with Gasteiger partial charge in [-0.25, -0.2) is 0 Å². The van der Waals surface area contributed by atoms with Gasteiger partial charge >= 0.3 is 0 Å². The van der Waals surface area contributed by atoms with Gasteiger partial charge in [0.25, 0.3) is 5.91 Å². The van der Waals surface area contributed by atoms with Crippen molar-refractivity contribution in [3.05, 3.63) is 29.8 Å². The molecule has 0 saturated carbocycles. The van der Waals surface area contributed by atoms with E-state index in [2.05, 4.69) is 10.6 Å². The van der Waals surface area contributed by atoms with Gasteiger partial charge in [-0.05, 0) is 32.9 Å². The summed E-state index contributed by atoms with van der Waals surface area (Å²) in [7, 11) is -0.928. The Balaban J connectivity index is 2.74. The van der Waals surface area contributed by atoms with Gasteiger partial charge in [-0.1, -0.05) is 12.1 Å². The SMILES string of the molecule is CC(C)Nc1ccccc1C(=O)NCC(C)S(C)=O. The van der Waals surface area contributed by atoms with Gasteiger partial charge in [0, 0.05) is 40.6 Å². The first-order valence-electron chi connectivity index (χ1n) is 6.37. The molecular weight excluding hydrogens is 260 g/mol. The van der Waals surface area contributed by atoms with Crippen LogP contribution in [-0.4, -0.2) is 34.2 Å². The monoisotopic (exact) mass is 282 g/mol. The van der Waals surface area contributed by atoms with Crippen LogP contribution in [0.25, 0.3) is 0 Å². The minimum absolute atomic E-state index is 0.0471. The minimum Gasteiger partial charge on any atom is -0.382 e. The lowest BCUT2D eigenvalue weighted by molar-refractivity contribution is 0.0955. The largest absolute Gasteiger partial charge is 0.382 e. The molecule has 0 saturated heterocycles. The van der Waals surface area contributed by atoms with Gasteiger partial charge in [0.2, 0.25) is 0 Å². The molecule has 0 heterocycles. The number of carbonyl (C=O) groups excluding carboxylic acids is 1. The third kappa shape index (κ3) is 5.03. The van der Waals surface area contributed by atoms with Crippen LogP contribution in [0.1, 0.15) is 31.1 Å². The van der Waals surface area contributed by atoms with Crippen LogP contribution >= 0.6 is 0 Å². The Morgan fingerprint density at radius 3 is 2.47 bits per heavy atom. The number of rotatable bonds is 6. The van der Waals surface area contributed by atoms with Gasteiger partial charge < -0.3 is 10.6 Å². The first-order valence-corrected chi connectivity index (χ1v) is 8.00. The number of hydrogen-bond acceptors (Lipinski definition) is 3. The predicted molar refractivity (Wildman–Crippen MR) is 81.1 cm³/mol. The number of anilines is 1. The number of amides is 1. The topological polar surface area (TPSA) is 58.2 Å². The van der Waals surface area contributed by atoms with E-state index >= 15 is 0 Å². The number of hydrogen-bond donors (Lipinski definition) is 2. The molecule has 2 atom stereocenters. The molecule has 2 unspecified atom stereocenters. The first kappa shape index (κ1) is 15.7. The standard InChI is InChI=1S/C14H22N2O2S/c1-10(2)16-13-8-6-5-7-12(13)14(17)15-9-11(3)19(4)18/h5-8,10-11,16H,9H2,1-4H3,(H,15,17). The molecule has 0 aliphatic rings. The van der Waals surface area contributed by atoms with Crippen LogP contribution in [0.5, 0.6) is 0 Å². The van der Waals surface area contributed by atoms with E-state index in [4.69, 9.17) is 0 Å². The molecule has 1 amide bonds. The van der Waals surface area contributed by atoms with Crippen molar-refractivity contribution in [3.8, 4) is 0 Å². The number of carbonyl (C=O) groups is 1. The van der Waals surface area contributed by atoms with Gasteiger partial charge in [-0.15, -0.1) is 0 Å². The summed E-state index contributed by atoms with van der Waals surface area (Å²) < 4.78 is 11.3. The number of benzene rings is 1. The second kappa shape index (κ2) is 7.28. The van der Waals surface area contributed by atoms with Crippen LogP contribution in [-0.2, 0) is 10.8 Å².